The minimum atomic E-state index is -0.668. The molecule has 1 aliphatic carbocycles. The van der Waals surface area contributed by atoms with Crippen LogP contribution in [0.25, 0.3) is 0 Å². The molecule has 0 heterocycles. The average molecular weight is 227 g/mol. The number of carbonyl (C=O) groups is 1. The molecule has 94 valence electrons. The normalized spacial score (nSPS) is 16.0. The van der Waals surface area contributed by atoms with E-state index in [-0.39, 0.29) is 0 Å². The van der Waals surface area contributed by atoms with E-state index >= 15 is 0 Å². The van der Waals surface area contributed by atoms with Gasteiger partial charge in [0.15, 0.2) is 0 Å². The van der Waals surface area contributed by atoms with E-state index in [1.165, 1.54) is 19.4 Å². The lowest BCUT2D eigenvalue weighted by Gasteiger charge is -2.26. The Bertz CT molecular complexity index is 212. The summed E-state index contributed by atoms with van der Waals surface area (Å²) < 4.78 is 0. The van der Waals surface area contributed by atoms with E-state index in [4.69, 9.17) is 5.11 Å². The number of nitrogens with zero attached hydrogens (tertiary/aromatic N) is 1. The lowest BCUT2D eigenvalue weighted by Crippen LogP contribution is -2.33. The summed E-state index contributed by atoms with van der Waals surface area (Å²) in [6.07, 6.45) is 6.14. The molecule has 0 aromatic rings. The van der Waals surface area contributed by atoms with Gasteiger partial charge < -0.3 is 10.0 Å². The van der Waals surface area contributed by atoms with Crippen LogP contribution in [-0.2, 0) is 4.79 Å². The van der Waals surface area contributed by atoms with E-state index in [9.17, 15) is 4.79 Å². The Morgan fingerprint density at radius 1 is 1.31 bits per heavy atom. The molecule has 0 spiro atoms. The third-order valence-corrected chi connectivity index (χ3v) is 3.26. The van der Waals surface area contributed by atoms with E-state index in [0.29, 0.717) is 12.5 Å². The lowest BCUT2D eigenvalue weighted by molar-refractivity contribution is -0.137. The highest BCUT2D eigenvalue weighted by molar-refractivity contribution is 5.66. The first-order valence-electron chi connectivity index (χ1n) is 6.55. The lowest BCUT2D eigenvalue weighted by atomic mass is 10.1. The van der Waals surface area contributed by atoms with Crippen molar-refractivity contribution < 1.29 is 9.90 Å². The van der Waals surface area contributed by atoms with Crippen LogP contribution in [-0.4, -0.2) is 35.1 Å². The molecule has 3 nitrogen and oxygen atoms in total. The highest BCUT2D eigenvalue weighted by Crippen LogP contribution is 2.30. The summed E-state index contributed by atoms with van der Waals surface area (Å²) in [5.41, 5.74) is 0. The summed E-state index contributed by atoms with van der Waals surface area (Å²) in [5.74, 6) is 0.278. The molecule has 0 bridgehead atoms. The van der Waals surface area contributed by atoms with Crippen LogP contribution in [0.15, 0.2) is 0 Å². The number of aliphatic carboxylic acids is 1. The zero-order valence-corrected chi connectivity index (χ0v) is 10.6. The molecule has 1 fully saturated rings. The van der Waals surface area contributed by atoms with E-state index in [1.807, 2.05) is 0 Å². The van der Waals surface area contributed by atoms with Crippen molar-refractivity contribution in [3.63, 3.8) is 0 Å². The average Bonchev–Trinajstić information content (AvgIpc) is 2.98. The maximum Gasteiger partial charge on any atom is 0.303 e. The second-order valence-electron chi connectivity index (χ2n) is 5.24. The Morgan fingerprint density at radius 2 is 2.00 bits per heavy atom. The first-order valence-corrected chi connectivity index (χ1v) is 6.55. The van der Waals surface area contributed by atoms with Crippen LogP contribution < -0.4 is 0 Å². The van der Waals surface area contributed by atoms with Crippen LogP contribution in [0.2, 0.25) is 0 Å². The first-order chi connectivity index (χ1) is 7.59. The predicted octanol–water partition coefficient (Wildman–Crippen LogP) is 2.75. The number of carboxylic acids is 1. The van der Waals surface area contributed by atoms with Gasteiger partial charge in [-0.1, -0.05) is 6.42 Å². The fourth-order valence-electron chi connectivity index (χ4n) is 1.96. The van der Waals surface area contributed by atoms with Gasteiger partial charge in [-0.3, -0.25) is 4.79 Å². The van der Waals surface area contributed by atoms with Crippen molar-refractivity contribution in [2.75, 3.05) is 13.1 Å². The molecule has 0 atom stereocenters. The Labute approximate surface area is 98.8 Å². The number of hydrogen-bond donors (Lipinski definition) is 1. The third-order valence-electron chi connectivity index (χ3n) is 3.26. The molecule has 0 radical (unpaired) electrons. The molecule has 0 aromatic heterocycles. The van der Waals surface area contributed by atoms with Crippen LogP contribution in [0.3, 0.4) is 0 Å². The predicted molar refractivity (Wildman–Crippen MR) is 65.5 cm³/mol. The SMILES string of the molecule is CC(C)N(CCCCCC(=O)O)CC1CC1. The van der Waals surface area contributed by atoms with Crippen molar-refractivity contribution in [1.82, 2.24) is 4.90 Å². The zero-order chi connectivity index (χ0) is 12.0. The maximum atomic E-state index is 10.3. The second kappa shape index (κ2) is 6.89. The van der Waals surface area contributed by atoms with Gasteiger partial charge in [0.2, 0.25) is 0 Å². The Balaban J connectivity index is 2.04. The molecule has 3 heteroatoms. The summed E-state index contributed by atoms with van der Waals surface area (Å²) in [4.78, 5) is 12.9. The van der Waals surface area contributed by atoms with E-state index in [0.717, 1.165) is 31.7 Å². The summed E-state index contributed by atoms with van der Waals surface area (Å²) >= 11 is 0. The van der Waals surface area contributed by atoms with Crippen molar-refractivity contribution in [3.05, 3.63) is 0 Å². The largest absolute Gasteiger partial charge is 0.481 e. The van der Waals surface area contributed by atoms with Crippen molar-refractivity contribution in [2.24, 2.45) is 5.92 Å². The summed E-state index contributed by atoms with van der Waals surface area (Å²) in [6.45, 7) is 6.88. The summed E-state index contributed by atoms with van der Waals surface area (Å²) in [7, 11) is 0. The Hall–Kier alpha value is -0.570. The van der Waals surface area contributed by atoms with Crippen molar-refractivity contribution in [3.8, 4) is 0 Å². The molecule has 1 aliphatic rings. The van der Waals surface area contributed by atoms with Gasteiger partial charge in [-0.05, 0) is 52.0 Å². The van der Waals surface area contributed by atoms with E-state index < -0.39 is 5.97 Å². The molecular formula is C13H25NO2. The Morgan fingerprint density at radius 3 is 2.50 bits per heavy atom. The minimum Gasteiger partial charge on any atom is -0.481 e. The highest BCUT2D eigenvalue weighted by Gasteiger charge is 2.24. The zero-order valence-electron chi connectivity index (χ0n) is 10.6. The molecule has 0 aromatic carbocycles. The molecule has 1 rings (SSSR count). The van der Waals surface area contributed by atoms with Crippen LogP contribution >= 0.6 is 0 Å². The van der Waals surface area contributed by atoms with Crippen molar-refractivity contribution >= 4 is 5.97 Å². The monoisotopic (exact) mass is 227 g/mol. The van der Waals surface area contributed by atoms with E-state index in [2.05, 4.69) is 18.7 Å². The fourth-order valence-corrected chi connectivity index (χ4v) is 1.96. The highest BCUT2D eigenvalue weighted by atomic mass is 16.4. The van der Waals surface area contributed by atoms with Crippen LogP contribution in [0, 0.1) is 5.92 Å². The first kappa shape index (κ1) is 13.5. The van der Waals surface area contributed by atoms with Crippen molar-refractivity contribution in [2.45, 2.75) is 58.4 Å². The molecule has 0 aliphatic heterocycles. The van der Waals surface area contributed by atoms with Gasteiger partial charge in [0.25, 0.3) is 0 Å². The minimum absolute atomic E-state index is 0.324. The molecule has 0 amide bonds. The molecular weight excluding hydrogens is 202 g/mol. The topological polar surface area (TPSA) is 40.5 Å². The van der Waals surface area contributed by atoms with Gasteiger partial charge in [-0.2, -0.15) is 0 Å². The second-order valence-corrected chi connectivity index (χ2v) is 5.24. The molecule has 1 saturated carbocycles. The molecule has 0 saturated heterocycles. The van der Waals surface area contributed by atoms with Gasteiger partial charge in [0.1, 0.15) is 0 Å². The quantitative estimate of drug-likeness (QED) is 0.616. The Kier molecular flexibility index (Phi) is 5.81. The number of hydrogen-bond acceptors (Lipinski definition) is 2. The van der Waals surface area contributed by atoms with Gasteiger partial charge >= 0.3 is 5.97 Å². The van der Waals surface area contributed by atoms with Crippen LogP contribution in [0.5, 0.6) is 0 Å². The van der Waals surface area contributed by atoms with Crippen LogP contribution in [0.1, 0.15) is 52.4 Å². The molecule has 1 N–H and O–H groups in total. The maximum absolute atomic E-state index is 10.3. The van der Waals surface area contributed by atoms with Gasteiger partial charge in [0, 0.05) is 19.0 Å². The van der Waals surface area contributed by atoms with Crippen LogP contribution in [0.4, 0.5) is 0 Å². The fraction of sp³-hybridized carbons (Fsp3) is 0.923. The standard InChI is InChI=1S/C13H25NO2/c1-11(2)14(10-12-7-8-12)9-5-3-4-6-13(15)16/h11-12H,3-10H2,1-2H3,(H,15,16). The number of carboxylic acid groups (broad SMARTS) is 1. The van der Waals surface area contributed by atoms with E-state index in [1.54, 1.807) is 0 Å². The summed E-state index contributed by atoms with van der Waals surface area (Å²) in [5, 5.41) is 8.53. The third kappa shape index (κ3) is 6.11. The molecule has 0 unspecified atom stereocenters. The molecule has 16 heavy (non-hydrogen) atoms. The van der Waals surface area contributed by atoms with Gasteiger partial charge in [0.05, 0.1) is 0 Å². The number of unbranched alkanes of at least 4 members (excludes halogenated alkanes) is 2. The summed E-state index contributed by atoms with van der Waals surface area (Å²) in [6, 6.07) is 0.625. The van der Waals surface area contributed by atoms with Gasteiger partial charge in [-0.15, -0.1) is 0 Å². The van der Waals surface area contributed by atoms with Gasteiger partial charge in [-0.25, -0.2) is 0 Å². The smallest absolute Gasteiger partial charge is 0.303 e. The number of rotatable bonds is 9. The van der Waals surface area contributed by atoms with Crippen molar-refractivity contribution in [1.29, 1.82) is 0 Å².